The summed E-state index contributed by atoms with van der Waals surface area (Å²) in [6.45, 7) is 25.7. The van der Waals surface area contributed by atoms with Crippen molar-refractivity contribution in [3.8, 4) is 11.5 Å². The molecule has 34 heavy (non-hydrogen) atoms. The molecule has 0 aliphatic carbocycles. The molecule has 4 nitrogen and oxygen atoms in total. The second-order valence-electron chi connectivity index (χ2n) is 13.2. The van der Waals surface area contributed by atoms with E-state index in [1.165, 1.54) is 18.2 Å². The largest absolute Gasteiger partial charge is 0.587 e. The third-order valence-electron chi connectivity index (χ3n) is 5.95. The van der Waals surface area contributed by atoms with Crippen molar-refractivity contribution < 1.29 is 18.1 Å². The van der Waals surface area contributed by atoms with Crippen molar-refractivity contribution in [3.05, 3.63) is 58.7 Å². The van der Waals surface area contributed by atoms with E-state index in [0.29, 0.717) is 11.5 Å². The fourth-order valence-electron chi connectivity index (χ4n) is 3.66. The molecule has 0 aliphatic heterocycles. The van der Waals surface area contributed by atoms with E-state index in [4.69, 9.17) is 13.6 Å². The number of benzene rings is 2. The standard InChI is InChI=1S/C29H45O4P/c1-26(2,3)20-14-16-24(22(18-20)28(7,8)9)32-34(30,31-13)33-25-17-15-21(27(4,5)6)19-23(25)29(10,11)12/h14-19H,1-13H3. The molecular formula is C29H45O4P. The van der Waals surface area contributed by atoms with Crippen LogP contribution < -0.4 is 9.05 Å². The molecule has 5 heteroatoms. The minimum atomic E-state index is -3.95. The first-order valence-corrected chi connectivity index (χ1v) is 13.5. The van der Waals surface area contributed by atoms with Gasteiger partial charge in [-0.3, -0.25) is 4.52 Å². The third kappa shape index (κ3) is 6.89. The number of rotatable bonds is 5. The molecule has 0 saturated carbocycles. The second kappa shape index (κ2) is 9.36. The molecule has 0 bridgehead atoms. The Balaban J connectivity index is 2.55. The van der Waals surface area contributed by atoms with Gasteiger partial charge in [0.1, 0.15) is 11.5 Å². The Bertz CT molecular complexity index is 976. The molecule has 2 rings (SSSR count). The van der Waals surface area contributed by atoms with Gasteiger partial charge in [-0.15, -0.1) is 0 Å². The zero-order chi connectivity index (χ0) is 26.3. The highest BCUT2D eigenvalue weighted by Gasteiger charge is 2.35. The lowest BCUT2D eigenvalue weighted by Gasteiger charge is -2.30. The van der Waals surface area contributed by atoms with E-state index < -0.39 is 7.82 Å². The predicted octanol–water partition coefficient (Wildman–Crippen LogP) is 9.09. The summed E-state index contributed by atoms with van der Waals surface area (Å²) in [6.07, 6.45) is 0. The van der Waals surface area contributed by atoms with E-state index >= 15 is 0 Å². The summed E-state index contributed by atoms with van der Waals surface area (Å²) in [4.78, 5) is 0. The Morgan fingerprint density at radius 2 is 0.882 bits per heavy atom. The second-order valence-corrected chi connectivity index (χ2v) is 14.9. The fraction of sp³-hybridized carbons (Fsp3) is 0.586. The first-order valence-electron chi connectivity index (χ1n) is 12.0. The van der Waals surface area contributed by atoms with Crippen molar-refractivity contribution >= 4 is 7.82 Å². The maximum absolute atomic E-state index is 13.8. The molecule has 190 valence electrons. The molecule has 0 saturated heterocycles. The molecule has 2 aromatic carbocycles. The Morgan fingerprint density at radius 1 is 0.559 bits per heavy atom. The monoisotopic (exact) mass is 488 g/mol. The minimum Gasteiger partial charge on any atom is -0.395 e. The van der Waals surface area contributed by atoms with Crippen LogP contribution in [0.25, 0.3) is 0 Å². The van der Waals surface area contributed by atoms with Crippen molar-refractivity contribution in [2.24, 2.45) is 0 Å². The van der Waals surface area contributed by atoms with E-state index in [-0.39, 0.29) is 21.7 Å². The van der Waals surface area contributed by atoms with Gasteiger partial charge < -0.3 is 9.05 Å². The van der Waals surface area contributed by atoms with Gasteiger partial charge in [0.2, 0.25) is 0 Å². The maximum atomic E-state index is 13.8. The highest BCUT2D eigenvalue weighted by molar-refractivity contribution is 7.49. The molecule has 0 aliphatic rings. The van der Waals surface area contributed by atoms with Crippen LogP contribution in [0, 0.1) is 0 Å². The van der Waals surface area contributed by atoms with Crippen LogP contribution in [0.5, 0.6) is 11.5 Å². The van der Waals surface area contributed by atoms with E-state index in [2.05, 4.69) is 95.2 Å². The highest BCUT2D eigenvalue weighted by atomic mass is 31.2. The topological polar surface area (TPSA) is 44.8 Å². The summed E-state index contributed by atoms with van der Waals surface area (Å²) in [7, 11) is -2.59. The van der Waals surface area contributed by atoms with Gasteiger partial charge in [-0.25, -0.2) is 4.57 Å². The highest BCUT2D eigenvalue weighted by Crippen LogP contribution is 2.53. The summed E-state index contributed by atoms with van der Waals surface area (Å²) < 4.78 is 31.3. The van der Waals surface area contributed by atoms with Gasteiger partial charge >= 0.3 is 7.82 Å². The van der Waals surface area contributed by atoms with Crippen LogP contribution in [-0.2, 0) is 30.7 Å². The lowest BCUT2D eigenvalue weighted by Crippen LogP contribution is -2.19. The Hall–Kier alpha value is -1.77. The molecule has 0 N–H and O–H groups in total. The summed E-state index contributed by atoms with van der Waals surface area (Å²) in [5.74, 6) is 1.02. The van der Waals surface area contributed by atoms with Gasteiger partial charge in [0.25, 0.3) is 0 Å². The molecule has 0 heterocycles. The van der Waals surface area contributed by atoms with Crippen molar-refractivity contribution in [2.75, 3.05) is 7.11 Å². The molecule has 0 atom stereocenters. The van der Waals surface area contributed by atoms with Crippen molar-refractivity contribution in [3.63, 3.8) is 0 Å². The summed E-state index contributed by atoms with van der Waals surface area (Å²) in [5.41, 5.74) is 3.81. The Morgan fingerprint density at radius 3 is 1.12 bits per heavy atom. The summed E-state index contributed by atoms with van der Waals surface area (Å²) in [5, 5.41) is 0. The number of phosphoric ester groups is 1. The Labute approximate surface area is 208 Å². The molecule has 0 amide bonds. The SMILES string of the molecule is COP(=O)(Oc1ccc(C(C)(C)C)cc1C(C)(C)C)Oc1ccc(C(C)(C)C)cc1C(C)(C)C. The Kier molecular flexibility index (Phi) is 7.83. The minimum absolute atomic E-state index is 0.0175. The zero-order valence-corrected chi connectivity index (χ0v) is 24.4. The van der Waals surface area contributed by atoms with Crippen LogP contribution in [0.1, 0.15) is 105 Å². The lowest BCUT2D eigenvalue weighted by molar-refractivity contribution is 0.246. The first kappa shape index (κ1) is 28.5. The van der Waals surface area contributed by atoms with Crippen LogP contribution in [0.3, 0.4) is 0 Å². The van der Waals surface area contributed by atoms with Crippen LogP contribution >= 0.6 is 7.82 Å². The smallest absolute Gasteiger partial charge is 0.395 e. The quantitative estimate of drug-likeness (QED) is 0.394. The van der Waals surface area contributed by atoms with Gasteiger partial charge in [0.15, 0.2) is 0 Å². The van der Waals surface area contributed by atoms with Crippen LogP contribution in [0.4, 0.5) is 0 Å². The lowest BCUT2D eigenvalue weighted by atomic mass is 9.80. The van der Waals surface area contributed by atoms with E-state index in [1.54, 1.807) is 0 Å². The van der Waals surface area contributed by atoms with Crippen LogP contribution in [0.2, 0.25) is 0 Å². The van der Waals surface area contributed by atoms with Crippen molar-refractivity contribution in [1.82, 2.24) is 0 Å². The molecule has 0 fully saturated rings. The molecule has 0 spiro atoms. The van der Waals surface area contributed by atoms with Crippen molar-refractivity contribution in [2.45, 2.75) is 105 Å². The maximum Gasteiger partial charge on any atom is 0.587 e. The number of hydrogen-bond acceptors (Lipinski definition) is 4. The molecule has 0 unspecified atom stereocenters. The van der Waals surface area contributed by atoms with Gasteiger partial charge in [0, 0.05) is 18.2 Å². The van der Waals surface area contributed by atoms with Gasteiger partial charge in [-0.1, -0.05) is 107 Å². The fourth-order valence-corrected chi connectivity index (χ4v) is 4.65. The molecule has 2 aromatic rings. The molecular weight excluding hydrogens is 443 g/mol. The van der Waals surface area contributed by atoms with Gasteiger partial charge in [0.05, 0.1) is 0 Å². The van der Waals surface area contributed by atoms with Gasteiger partial charge in [-0.2, -0.15) is 0 Å². The van der Waals surface area contributed by atoms with E-state index in [1.807, 2.05) is 24.3 Å². The number of hydrogen-bond donors (Lipinski definition) is 0. The third-order valence-corrected chi connectivity index (χ3v) is 7.24. The summed E-state index contributed by atoms with van der Waals surface area (Å²) >= 11 is 0. The van der Waals surface area contributed by atoms with Crippen molar-refractivity contribution in [1.29, 1.82) is 0 Å². The summed E-state index contributed by atoms with van der Waals surface area (Å²) in [6, 6.07) is 12.1. The van der Waals surface area contributed by atoms with Crippen LogP contribution in [-0.4, -0.2) is 7.11 Å². The average molecular weight is 489 g/mol. The average Bonchev–Trinajstić information content (AvgIpc) is 2.65. The predicted molar refractivity (Wildman–Crippen MR) is 144 cm³/mol. The molecule has 0 radical (unpaired) electrons. The first-order chi connectivity index (χ1) is 15.2. The van der Waals surface area contributed by atoms with E-state index in [9.17, 15) is 4.57 Å². The molecule has 0 aromatic heterocycles. The normalized spacial score (nSPS) is 13.7. The van der Waals surface area contributed by atoms with Crippen LogP contribution in [0.15, 0.2) is 36.4 Å². The zero-order valence-electron chi connectivity index (χ0n) is 23.5. The number of phosphoric acid groups is 1. The van der Waals surface area contributed by atoms with Gasteiger partial charge in [-0.05, 0) is 44.9 Å². The van der Waals surface area contributed by atoms with E-state index in [0.717, 1.165) is 11.1 Å².